The Kier molecular flexibility index (Phi) is 5.59. The number of aromatic nitrogens is 1. The maximum atomic E-state index is 12.8. The quantitative estimate of drug-likeness (QED) is 0.753. The number of carboxylic acids is 1. The van der Waals surface area contributed by atoms with E-state index in [4.69, 9.17) is 9.47 Å². The largest absolute Gasteiger partial charge is 0.489 e. The van der Waals surface area contributed by atoms with Gasteiger partial charge in [0.15, 0.2) is 0 Å². The van der Waals surface area contributed by atoms with Crippen molar-refractivity contribution in [3.05, 3.63) is 76.5 Å². The third-order valence-electron chi connectivity index (χ3n) is 4.74. The number of hydrogen-bond donors (Lipinski definition) is 1. The van der Waals surface area contributed by atoms with E-state index >= 15 is 0 Å². The van der Waals surface area contributed by atoms with Gasteiger partial charge in [0.2, 0.25) is 23.1 Å². The Labute approximate surface area is 167 Å². The van der Waals surface area contributed by atoms with Crippen LogP contribution >= 0.6 is 0 Å². The lowest BCUT2D eigenvalue weighted by molar-refractivity contribution is -0.121. The number of rotatable bonds is 6. The molecular formula is C22H19NO6. The number of ether oxygens (including phenoxy) is 2. The number of nitrogens with zero attached hydrogens (tertiary/aromatic N) is 1. The standard InChI is InChI=1S/C22H19NO6/c1-12-17(19(25)21(29-3)20(28-2)18(12)24)9-13-8-14(11-23-10-13)15-6-4-5-7-16(15)22(26)27/h4-8,10-11H,9H2,1-3H3,(H,26,27). The molecule has 0 atom stereocenters. The summed E-state index contributed by atoms with van der Waals surface area (Å²) in [6.07, 6.45) is 3.28. The molecule has 0 amide bonds. The monoisotopic (exact) mass is 393 g/mol. The lowest BCUT2D eigenvalue weighted by Crippen LogP contribution is -2.26. The lowest BCUT2D eigenvalue weighted by atomic mass is 9.88. The molecule has 1 aromatic heterocycles. The van der Waals surface area contributed by atoms with E-state index in [-0.39, 0.29) is 34.6 Å². The zero-order valence-electron chi connectivity index (χ0n) is 16.2. The summed E-state index contributed by atoms with van der Waals surface area (Å²) in [7, 11) is 2.62. The zero-order valence-corrected chi connectivity index (χ0v) is 16.2. The SMILES string of the molecule is COC1=C(OC)C(=O)C(Cc2cncc(-c3ccccc3C(=O)O)c2)=C(C)C1=O. The number of carboxylic acid groups (broad SMARTS) is 1. The number of benzene rings is 1. The predicted octanol–water partition coefficient (Wildman–Crippen LogP) is 2.96. The second-order valence-electron chi connectivity index (χ2n) is 6.44. The van der Waals surface area contributed by atoms with Gasteiger partial charge in [-0.25, -0.2) is 4.79 Å². The minimum absolute atomic E-state index is 0.110. The zero-order chi connectivity index (χ0) is 21.1. The smallest absolute Gasteiger partial charge is 0.336 e. The highest BCUT2D eigenvalue weighted by molar-refractivity contribution is 6.23. The summed E-state index contributed by atoms with van der Waals surface area (Å²) in [5.41, 5.74) is 2.51. The summed E-state index contributed by atoms with van der Waals surface area (Å²) in [6, 6.07) is 8.36. The molecule has 0 spiro atoms. The Bertz CT molecular complexity index is 1080. The Hall–Kier alpha value is -3.74. The van der Waals surface area contributed by atoms with Crippen LogP contribution in [0.4, 0.5) is 0 Å². The number of allylic oxidation sites excluding steroid dienone is 2. The molecular weight excluding hydrogens is 374 g/mol. The summed E-state index contributed by atoms with van der Waals surface area (Å²) in [5.74, 6) is -2.10. The van der Waals surface area contributed by atoms with E-state index in [1.54, 1.807) is 43.6 Å². The molecule has 7 nitrogen and oxygen atoms in total. The molecule has 29 heavy (non-hydrogen) atoms. The molecule has 0 aliphatic heterocycles. The second-order valence-corrected chi connectivity index (χ2v) is 6.44. The van der Waals surface area contributed by atoms with Gasteiger partial charge >= 0.3 is 5.97 Å². The van der Waals surface area contributed by atoms with Gasteiger partial charge in [-0.05, 0) is 30.2 Å². The number of carbonyl (C=O) groups excluding carboxylic acids is 2. The van der Waals surface area contributed by atoms with Crippen molar-refractivity contribution in [1.82, 2.24) is 4.98 Å². The highest BCUT2D eigenvalue weighted by Crippen LogP contribution is 2.29. The van der Waals surface area contributed by atoms with E-state index in [1.165, 1.54) is 20.3 Å². The lowest BCUT2D eigenvalue weighted by Gasteiger charge is -2.20. The van der Waals surface area contributed by atoms with Crippen molar-refractivity contribution in [2.45, 2.75) is 13.3 Å². The highest BCUT2D eigenvalue weighted by Gasteiger charge is 2.34. The van der Waals surface area contributed by atoms with Crippen LogP contribution in [0.2, 0.25) is 0 Å². The number of methoxy groups -OCH3 is 2. The fourth-order valence-corrected chi connectivity index (χ4v) is 3.26. The van der Waals surface area contributed by atoms with Crippen LogP contribution < -0.4 is 0 Å². The number of hydrogen-bond acceptors (Lipinski definition) is 6. The first-order valence-corrected chi connectivity index (χ1v) is 8.77. The number of carbonyl (C=O) groups is 3. The van der Waals surface area contributed by atoms with Crippen molar-refractivity contribution < 1.29 is 29.0 Å². The van der Waals surface area contributed by atoms with Crippen molar-refractivity contribution >= 4 is 17.5 Å². The molecule has 1 aromatic carbocycles. The number of ketones is 2. The summed E-state index contributed by atoms with van der Waals surface area (Å²) < 4.78 is 10.1. The molecule has 0 fully saturated rings. The van der Waals surface area contributed by atoms with Crippen LogP contribution in [-0.4, -0.2) is 41.8 Å². The molecule has 1 heterocycles. The Morgan fingerprint density at radius 3 is 2.34 bits per heavy atom. The molecule has 0 saturated carbocycles. The molecule has 0 saturated heterocycles. The molecule has 1 aliphatic carbocycles. The van der Waals surface area contributed by atoms with Gasteiger partial charge < -0.3 is 14.6 Å². The van der Waals surface area contributed by atoms with Gasteiger partial charge in [-0.1, -0.05) is 18.2 Å². The number of pyridine rings is 1. The average Bonchev–Trinajstić information content (AvgIpc) is 2.73. The van der Waals surface area contributed by atoms with Gasteiger partial charge in [0.05, 0.1) is 19.8 Å². The van der Waals surface area contributed by atoms with Gasteiger partial charge in [0, 0.05) is 35.5 Å². The Morgan fingerprint density at radius 2 is 1.69 bits per heavy atom. The second kappa shape index (κ2) is 8.10. The van der Waals surface area contributed by atoms with Gasteiger partial charge in [0.1, 0.15) is 0 Å². The molecule has 148 valence electrons. The van der Waals surface area contributed by atoms with Crippen molar-refractivity contribution in [2.75, 3.05) is 14.2 Å². The topological polar surface area (TPSA) is 103 Å². The molecule has 0 bridgehead atoms. The molecule has 1 aliphatic rings. The van der Waals surface area contributed by atoms with Gasteiger partial charge in [-0.3, -0.25) is 14.6 Å². The van der Waals surface area contributed by atoms with E-state index in [1.807, 2.05) is 0 Å². The van der Waals surface area contributed by atoms with Gasteiger partial charge in [0.25, 0.3) is 0 Å². The maximum absolute atomic E-state index is 12.8. The summed E-state index contributed by atoms with van der Waals surface area (Å²) in [5, 5.41) is 9.42. The highest BCUT2D eigenvalue weighted by atomic mass is 16.5. The summed E-state index contributed by atoms with van der Waals surface area (Å²) in [6.45, 7) is 1.57. The Balaban J connectivity index is 2.00. The normalized spacial score (nSPS) is 14.3. The molecule has 0 radical (unpaired) electrons. The Morgan fingerprint density at radius 1 is 1.03 bits per heavy atom. The maximum Gasteiger partial charge on any atom is 0.336 e. The predicted molar refractivity (Wildman–Crippen MR) is 104 cm³/mol. The third kappa shape index (κ3) is 3.67. The molecule has 7 heteroatoms. The minimum Gasteiger partial charge on any atom is -0.489 e. The van der Waals surface area contributed by atoms with Gasteiger partial charge in [-0.15, -0.1) is 0 Å². The van der Waals surface area contributed by atoms with Crippen LogP contribution in [0, 0.1) is 0 Å². The first kappa shape index (κ1) is 20.0. The fraction of sp³-hybridized carbons (Fsp3) is 0.182. The molecule has 3 rings (SSSR count). The molecule has 0 unspecified atom stereocenters. The van der Waals surface area contributed by atoms with E-state index in [9.17, 15) is 19.5 Å². The first-order valence-electron chi connectivity index (χ1n) is 8.77. The van der Waals surface area contributed by atoms with E-state index in [0.717, 1.165) is 0 Å². The van der Waals surface area contributed by atoms with Crippen molar-refractivity contribution in [3.8, 4) is 11.1 Å². The van der Waals surface area contributed by atoms with Gasteiger partial charge in [-0.2, -0.15) is 0 Å². The van der Waals surface area contributed by atoms with E-state index < -0.39 is 17.5 Å². The fourth-order valence-electron chi connectivity index (χ4n) is 3.26. The van der Waals surface area contributed by atoms with E-state index in [2.05, 4.69) is 4.98 Å². The average molecular weight is 393 g/mol. The third-order valence-corrected chi connectivity index (χ3v) is 4.74. The van der Waals surface area contributed by atoms with Crippen molar-refractivity contribution in [3.63, 3.8) is 0 Å². The van der Waals surface area contributed by atoms with Crippen LogP contribution in [0.3, 0.4) is 0 Å². The molecule has 1 N–H and O–H groups in total. The van der Waals surface area contributed by atoms with Crippen LogP contribution in [-0.2, 0) is 25.5 Å². The van der Waals surface area contributed by atoms with Crippen molar-refractivity contribution in [1.29, 1.82) is 0 Å². The van der Waals surface area contributed by atoms with Crippen LogP contribution in [0.15, 0.2) is 65.4 Å². The van der Waals surface area contributed by atoms with E-state index in [0.29, 0.717) is 16.7 Å². The summed E-state index contributed by atoms with van der Waals surface area (Å²) in [4.78, 5) is 41.0. The first-order chi connectivity index (χ1) is 13.9. The minimum atomic E-state index is -1.04. The molecule has 2 aromatic rings. The summed E-state index contributed by atoms with van der Waals surface area (Å²) >= 11 is 0. The van der Waals surface area contributed by atoms with Crippen LogP contribution in [0.5, 0.6) is 0 Å². The van der Waals surface area contributed by atoms with Crippen LogP contribution in [0.1, 0.15) is 22.8 Å². The van der Waals surface area contributed by atoms with Crippen LogP contribution in [0.25, 0.3) is 11.1 Å². The van der Waals surface area contributed by atoms with Crippen molar-refractivity contribution in [2.24, 2.45) is 0 Å². The number of Topliss-reactive ketones (excluding diaryl/α,β-unsaturated/α-hetero) is 2. The number of aromatic carboxylic acids is 1.